The minimum Gasteiger partial charge on any atom is -0.405 e. The third-order valence-corrected chi connectivity index (χ3v) is 1.80. The second-order valence-electron chi connectivity index (χ2n) is 2.98. The molecule has 0 fully saturated rings. The van der Waals surface area contributed by atoms with Gasteiger partial charge in [0.1, 0.15) is 11.5 Å². The van der Waals surface area contributed by atoms with Gasteiger partial charge in [-0.25, -0.2) is 0 Å². The predicted molar refractivity (Wildman–Crippen MR) is 49.3 cm³/mol. The molecule has 0 amide bonds. The van der Waals surface area contributed by atoms with Crippen molar-refractivity contribution in [3.63, 3.8) is 0 Å². The number of halogens is 7. The highest BCUT2D eigenvalue weighted by Crippen LogP contribution is 2.37. The largest absolute Gasteiger partial charge is 0.573 e. The molecule has 1 radical (unpaired) electrons. The van der Waals surface area contributed by atoms with Crippen molar-refractivity contribution in [2.24, 2.45) is 0 Å². The lowest BCUT2D eigenvalue weighted by Gasteiger charge is -2.16. The van der Waals surface area contributed by atoms with Gasteiger partial charge in [0.2, 0.25) is 0 Å². The number of ether oxygens (including phenoxy) is 2. The van der Waals surface area contributed by atoms with E-state index in [0.29, 0.717) is 12.1 Å². The van der Waals surface area contributed by atoms with Crippen molar-refractivity contribution in [3.05, 3.63) is 29.6 Å². The molecule has 9 heteroatoms. The summed E-state index contributed by atoms with van der Waals surface area (Å²) in [7, 11) is 0. The molecule has 101 valence electrons. The van der Waals surface area contributed by atoms with E-state index in [1.165, 1.54) is 0 Å². The summed E-state index contributed by atoms with van der Waals surface area (Å²) in [5.74, 6) is -1.93. The Morgan fingerprint density at radius 1 is 0.889 bits per heavy atom. The normalized spacial score (nSPS) is 12.4. The summed E-state index contributed by atoms with van der Waals surface area (Å²) in [4.78, 5) is 0. The highest BCUT2D eigenvalue weighted by molar-refractivity contribution is 6.30. The van der Waals surface area contributed by atoms with E-state index >= 15 is 0 Å². The summed E-state index contributed by atoms with van der Waals surface area (Å²) in [6.07, 6.45) is -10.2. The zero-order valence-electron chi connectivity index (χ0n) is 8.32. The van der Waals surface area contributed by atoms with Crippen molar-refractivity contribution in [3.8, 4) is 11.5 Å². The average Bonchev–Trinajstić information content (AvgIpc) is 2.07. The highest BCUT2D eigenvalue weighted by atomic mass is 35.5. The molecular weight excluding hydrogens is 290 g/mol. The summed E-state index contributed by atoms with van der Waals surface area (Å²) < 4.78 is 78.7. The van der Waals surface area contributed by atoms with Crippen LogP contribution in [0.2, 0.25) is 5.02 Å². The molecule has 1 aromatic carbocycles. The van der Waals surface area contributed by atoms with Crippen LogP contribution in [0, 0.1) is 6.92 Å². The molecule has 0 aliphatic heterocycles. The van der Waals surface area contributed by atoms with Gasteiger partial charge in [0.25, 0.3) is 0 Å². The Morgan fingerprint density at radius 3 is 1.50 bits per heavy atom. The minimum absolute atomic E-state index is 0.416. The molecule has 1 aromatic rings. The first kappa shape index (κ1) is 14.7. The van der Waals surface area contributed by atoms with Crippen LogP contribution in [-0.4, -0.2) is 12.7 Å². The molecule has 0 spiro atoms. The maximum Gasteiger partial charge on any atom is 0.573 e. The molecule has 2 nitrogen and oxygen atoms in total. The molecule has 0 saturated heterocycles. The molecule has 0 saturated carbocycles. The van der Waals surface area contributed by atoms with Crippen LogP contribution in [0.25, 0.3) is 0 Å². The number of alkyl halides is 6. The standard InChI is InChI=1S/C9H4ClF6O2/c1-4-6(17-8(11,12)13)2-5(10)3-7(4)18-9(14,15)16/h2-3H,1H2. The fourth-order valence-corrected chi connectivity index (χ4v) is 1.22. The Morgan fingerprint density at radius 2 is 1.22 bits per heavy atom. The molecule has 0 aliphatic carbocycles. The van der Waals surface area contributed by atoms with Crippen molar-refractivity contribution in [1.82, 2.24) is 0 Å². The van der Waals surface area contributed by atoms with Crippen LogP contribution in [0.4, 0.5) is 26.3 Å². The first-order chi connectivity index (χ1) is 7.98. The van der Waals surface area contributed by atoms with Crippen LogP contribution in [-0.2, 0) is 0 Å². The fourth-order valence-electron chi connectivity index (χ4n) is 1.02. The van der Waals surface area contributed by atoms with Crippen LogP contribution in [0.5, 0.6) is 11.5 Å². The van der Waals surface area contributed by atoms with Gasteiger partial charge in [-0.1, -0.05) is 11.6 Å². The minimum atomic E-state index is -5.08. The zero-order valence-corrected chi connectivity index (χ0v) is 9.08. The van der Waals surface area contributed by atoms with E-state index in [1.54, 1.807) is 0 Å². The lowest BCUT2D eigenvalue weighted by molar-refractivity contribution is -0.276. The van der Waals surface area contributed by atoms with E-state index in [9.17, 15) is 26.3 Å². The van der Waals surface area contributed by atoms with Crippen LogP contribution < -0.4 is 9.47 Å². The van der Waals surface area contributed by atoms with Crippen molar-refractivity contribution >= 4 is 11.6 Å². The number of hydrogen-bond donors (Lipinski definition) is 0. The number of rotatable bonds is 2. The zero-order chi connectivity index (χ0) is 14.1. The van der Waals surface area contributed by atoms with Gasteiger partial charge in [0.05, 0.1) is 0 Å². The maximum absolute atomic E-state index is 12.0. The van der Waals surface area contributed by atoms with E-state index in [1.807, 2.05) is 0 Å². The first-order valence-electron chi connectivity index (χ1n) is 4.15. The van der Waals surface area contributed by atoms with Gasteiger partial charge in [0.15, 0.2) is 0 Å². The van der Waals surface area contributed by atoms with Crippen molar-refractivity contribution < 1.29 is 35.8 Å². The first-order valence-corrected chi connectivity index (χ1v) is 4.53. The van der Waals surface area contributed by atoms with Gasteiger partial charge < -0.3 is 9.47 Å². The SMILES string of the molecule is [CH2]c1c(OC(F)(F)F)cc(Cl)cc1OC(F)(F)F. The Bertz CT molecular complexity index is 403. The Kier molecular flexibility index (Phi) is 3.89. The lowest BCUT2D eigenvalue weighted by Crippen LogP contribution is -2.20. The summed E-state index contributed by atoms with van der Waals surface area (Å²) in [6.45, 7) is 3.02. The predicted octanol–water partition coefficient (Wildman–Crippen LogP) is 4.32. The summed E-state index contributed by atoms with van der Waals surface area (Å²) >= 11 is 5.36. The molecule has 18 heavy (non-hydrogen) atoms. The van der Waals surface area contributed by atoms with Gasteiger partial charge in [-0.2, -0.15) is 0 Å². The number of benzene rings is 1. The van der Waals surface area contributed by atoms with Crippen LogP contribution in [0.1, 0.15) is 5.56 Å². The van der Waals surface area contributed by atoms with Gasteiger partial charge in [0, 0.05) is 10.6 Å². The third-order valence-electron chi connectivity index (χ3n) is 1.58. The van der Waals surface area contributed by atoms with Crippen LogP contribution in [0.15, 0.2) is 12.1 Å². The molecule has 0 bridgehead atoms. The molecular formula is C9H4ClF6O2. The second kappa shape index (κ2) is 4.75. The summed E-state index contributed by atoms with van der Waals surface area (Å²) in [6, 6.07) is 1.36. The third kappa shape index (κ3) is 4.52. The van der Waals surface area contributed by atoms with Gasteiger partial charge >= 0.3 is 12.7 Å². The Labute approximate surface area is 102 Å². The number of hydrogen-bond acceptors (Lipinski definition) is 2. The summed E-state index contributed by atoms with van der Waals surface area (Å²) in [5.41, 5.74) is -0.714. The lowest BCUT2D eigenvalue weighted by atomic mass is 10.2. The summed E-state index contributed by atoms with van der Waals surface area (Å²) in [5, 5.41) is -0.416. The molecule has 0 heterocycles. The topological polar surface area (TPSA) is 18.5 Å². The van der Waals surface area contributed by atoms with E-state index in [0.717, 1.165) is 0 Å². The van der Waals surface area contributed by atoms with E-state index in [2.05, 4.69) is 16.4 Å². The van der Waals surface area contributed by atoms with Gasteiger partial charge in [-0.05, 0) is 19.1 Å². The van der Waals surface area contributed by atoms with Crippen molar-refractivity contribution in [2.45, 2.75) is 12.7 Å². The molecule has 0 aromatic heterocycles. The highest BCUT2D eigenvalue weighted by Gasteiger charge is 2.35. The van der Waals surface area contributed by atoms with Crippen LogP contribution in [0.3, 0.4) is 0 Å². The molecule has 0 N–H and O–H groups in total. The molecule has 0 aliphatic rings. The van der Waals surface area contributed by atoms with Crippen molar-refractivity contribution in [2.75, 3.05) is 0 Å². The molecule has 0 unspecified atom stereocenters. The maximum atomic E-state index is 12.0. The Balaban J connectivity index is 3.14. The molecule has 0 atom stereocenters. The van der Waals surface area contributed by atoms with E-state index in [4.69, 9.17) is 11.6 Å². The second-order valence-corrected chi connectivity index (χ2v) is 3.41. The van der Waals surface area contributed by atoms with Gasteiger partial charge in [-0.3, -0.25) is 0 Å². The average molecular weight is 294 g/mol. The Hall–Kier alpha value is -1.31. The fraction of sp³-hybridized carbons (Fsp3) is 0.222. The van der Waals surface area contributed by atoms with E-state index < -0.39 is 34.8 Å². The molecule has 1 rings (SSSR count). The quantitative estimate of drug-likeness (QED) is 0.756. The monoisotopic (exact) mass is 293 g/mol. The van der Waals surface area contributed by atoms with Crippen LogP contribution >= 0.6 is 11.6 Å². The van der Waals surface area contributed by atoms with Crippen molar-refractivity contribution in [1.29, 1.82) is 0 Å². The smallest absolute Gasteiger partial charge is 0.405 e. The van der Waals surface area contributed by atoms with E-state index in [-0.39, 0.29) is 0 Å². The van der Waals surface area contributed by atoms with Gasteiger partial charge in [-0.15, -0.1) is 26.3 Å².